The molecule has 32 heavy (non-hydrogen) atoms. The Hall–Kier alpha value is -4.16. The lowest BCUT2D eigenvalue weighted by atomic mass is 10.3. The number of para-hydroxylation sites is 1. The summed E-state index contributed by atoms with van der Waals surface area (Å²) in [5, 5.41) is 21.3. The van der Waals surface area contributed by atoms with Gasteiger partial charge < -0.3 is 10.1 Å². The van der Waals surface area contributed by atoms with Crippen molar-refractivity contribution >= 4 is 23.4 Å². The van der Waals surface area contributed by atoms with E-state index in [1.165, 1.54) is 17.8 Å². The van der Waals surface area contributed by atoms with Crippen molar-refractivity contribution in [2.24, 2.45) is 0 Å². The summed E-state index contributed by atoms with van der Waals surface area (Å²) in [5.74, 6) is -1.50. The van der Waals surface area contributed by atoms with Crippen LogP contribution in [-0.2, 0) is 16.1 Å². The minimum atomic E-state index is -3.19. The number of nitrogens with zero attached hydrogens (tertiary/aromatic N) is 5. The lowest BCUT2D eigenvalue weighted by Gasteiger charge is -2.11. The fourth-order valence-electron chi connectivity index (χ4n) is 2.99. The van der Waals surface area contributed by atoms with Crippen LogP contribution in [-0.4, -0.2) is 43.0 Å². The molecular formula is C19H18F2N6O5. The maximum atomic E-state index is 13.1. The first kappa shape index (κ1) is 22.5. The Morgan fingerprint density at radius 1 is 1.28 bits per heavy atom. The van der Waals surface area contributed by atoms with Gasteiger partial charge in [-0.3, -0.25) is 19.6 Å². The van der Waals surface area contributed by atoms with E-state index in [0.29, 0.717) is 5.69 Å². The van der Waals surface area contributed by atoms with Gasteiger partial charge in [-0.2, -0.15) is 10.2 Å². The van der Waals surface area contributed by atoms with Gasteiger partial charge in [0.25, 0.3) is 6.43 Å². The zero-order chi connectivity index (χ0) is 23.4. The van der Waals surface area contributed by atoms with Crippen molar-refractivity contribution in [3.8, 4) is 5.69 Å². The summed E-state index contributed by atoms with van der Waals surface area (Å²) >= 11 is 0. The normalized spacial score (nSPS) is 10.9. The third-order valence-corrected chi connectivity index (χ3v) is 4.41. The predicted molar refractivity (Wildman–Crippen MR) is 107 cm³/mol. The van der Waals surface area contributed by atoms with Crippen LogP contribution in [0.4, 0.5) is 20.3 Å². The van der Waals surface area contributed by atoms with Crippen molar-refractivity contribution in [1.82, 2.24) is 19.6 Å². The number of benzene rings is 1. The van der Waals surface area contributed by atoms with E-state index in [4.69, 9.17) is 4.74 Å². The average molecular weight is 448 g/mol. The van der Waals surface area contributed by atoms with E-state index in [1.54, 1.807) is 37.3 Å². The quantitative estimate of drug-likeness (QED) is 0.318. The molecule has 0 unspecified atom stereocenters. The van der Waals surface area contributed by atoms with Crippen LogP contribution < -0.4 is 5.32 Å². The minimum absolute atomic E-state index is 0.00644. The van der Waals surface area contributed by atoms with E-state index >= 15 is 0 Å². The molecule has 1 aromatic carbocycles. The van der Waals surface area contributed by atoms with Crippen LogP contribution >= 0.6 is 0 Å². The third-order valence-electron chi connectivity index (χ3n) is 4.41. The average Bonchev–Trinajstić information content (AvgIpc) is 3.30. The Balaban J connectivity index is 1.94. The molecule has 0 atom stereocenters. The number of carbonyl (C=O) groups is 2. The number of alkyl halides is 2. The van der Waals surface area contributed by atoms with Crippen molar-refractivity contribution in [3.05, 3.63) is 63.6 Å². The lowest BCUT2D eigenvalue weighted by molar-refractivity contribution is -0.386. The highest BCUT2D eigenvalue weighted by molar-refractivity contribution is 6.00. The summed E-state index contributed by atoms with van der Waals surface area (Å²) in [5.41, 5.74) is -1.58. The van der Waals surface area contributed by atoms with Crippen LogP contribution in [0.15, 0.2) is 36.5 Å². The second kappa shape index (κ2) is 9.32. The zero-order valence-electron chi connectivity index (χ0n) is 17.0. The fraction of sp³-hybridized carbons (Fsp3) is 0.263. The molecule has 0 saturated heterocycles. The molecule has 0 aliphatic carbocycles. The molecular weight excluding hydrogens is 430 g/mol. The molecule has 0 bridgehead atoms. The molecule has 2 aromatic heterocycles. The van der Waals surface area contributed by atoms with E-state index in [0.717, 1.165) is 4.68 Å². The SMILES string of the molecule is CCOC(=O)c1cnn(-c2ccccc2)c1NC(=O)Cn1nc(C(F)F)c([N+](=O)[O-])c1C. The number of nitro groups is 1. The Labute approximate surface area is 179 Å². The number of nitrogens with one attached hydrogen (secondary N) is 1. The Morgan fingerprint density at radius 2 is 1.97 bits per heavy atom. The molecule has 11 nitrogen and oxygen atoms in total. The molecule has 3 aromatic rings. The van der Waals surface area contributed by atoms with Crippen molar-refractivity contribution in [2.45, 2.75) is 26.8 Å². The van der Waals surface area contributed by atoms with Gasteiger partial charge >= 0.3 is 11.7 Å². The first-order valence-corrected chi connectivity index (χ1v) is 9.34. The van der Waals surface area contributed by atoms with E-state index < -0.39 is 41.2 Å². The van der Waals surface area contributed by atoms with Crippen molar-refractivity contribution in [1.29, 1.82) is 0 Å². The largest absolute Gasteiger partial charge is 0.462 e. The summed E-state index contributed by atoms with van der Waals surface area (Å²) in [6.07, 6.45) is -1.96. The molecule has 13 heteroatoms. The standard InChI is InChI=1S/C19H18F2N6O5/c1-3-32-19(29)13-9-22-26(12-7-5-4-6-8-12)18(13)23-14(28)10-25-11(2)16(27(30)31)15(24-25)17(20)21/h4-9,17H,3,10H2,1-2H3,(H,23,28). The highest BCUT2D eigenvalue weighted by atomic mass is 19.3. The van der Waals surface area contributed by atoms with Gasteiger partial charge in [0.2, 0.25) is 11.6 Å². The molecule has 2 heterocycles. The van der Waals surface area contributed by atoms with Crippen LogP contribution in [0.1, 0.15) is 35.1 Å². The van der Waals surface area contributed by atoms with Crippen LogP contribution in [0.25, 0.3) is 5.69 Å². The van der Waals surface area contributed by atoms with Crippen LogP contribution in [0.2, 0.25) is 0 Å². The zero-order valence-corrected chi connectivity index (χ0v) is 17.0. The summed E-state index contributed by atoms with van der Waals surface area (Å²) in [6.45, 7) is 2.31. The Kier molecular flexibility index (Phi) is 6.56. The molecule has 1 N–H and O–H groups in total. The summed E-state index contributed by atoms with van der Waals surface area (Å²) < 4.78 is 33.4. The highest BCUT2D eigenvalue weighted by Crippen LogP contribution is 2.31. The number of halogens is 2. The van der Waals surface area contributed by atoms with Crippen molar-refractivity contribution < 1.29 is 28.0 Å². The first-order valence-electron chi connectivity index (χ1n) is 9.34. The maximum Gasteiger partial charge on any atom is 0.343 e. The van der Waals surface area contributed by atoms with Gasteiger partial charge in [0, 0.05) is 0 Å². The van der Waals surface area contributed by atoms with Crippen LogP contribution in [0.5, 0.6) is 0 Å². The molecule has 0 fully saturated rings. The van der Waals surface area contributed by atoms with Gasteiger partial charge in [0.05, 0.1) is 23.4 Å². The molecule has 1 amide bonds. The highest BCUT2D eigenvalue weighted by Gasteiger charge is 2.31. The Bertz CT molecular complexity index is 1160. The topological polar surface area (TPSA) is 134 Å². The molecule has 3 rings (SSSR count). The van der Waals surface area contributed by atoms with Gasteiger partial charge in [0.15, 0.2) is 5.82 Å². The fourth-order valence-corrected chi connectivity index (χ4v) is 2.99. The van der Waals surface area contributed by atoms with E-state index in [1.807, 2.05) is 0 Å². The molecule has 168 valence electrons. The summed E-state index contributed by atoms with van der Waals surface area (Å²) in [4.78, 5) is 35.2. The molecule has 0 saturated carbocycles. The monoisotopic (exact) mass is 448 g/mol. The first-order chi connectivity index (χ1) is 15.2. The number of amides is 1. The number of aromatic nitrogens is 4. The summed E-state index contributed by atoms with van der Waals surface area (Å²) in [6, 6.07) is 8.60. The van der Waals surface area contributed by atoms with Crippen LogP contribution in [0, 0.1) is 17.0 Å². The van der Waals surface area contributed by atoms with Crippen LogP contribution in [0.3, 0.4) is 0 Å². The van der Waals surface area contributed by atoms with E-state index in [9.17, 15) is 28.5 Å². The maximum absolute atomic E-state index is 13.1. The number of hydrogen-bond acceptors (Lipinski definition) is 7. The molecule has 0 aliphatic rings. The number of ether oxygens (including phenoxy) is 1. The number of hydrogen-bond donors (Lipinski definition) is 1. The van der Waals surface area contributed by atoms with Gasteiger partial charge in [-0.05, 0) is 26.0 Å². The van der Waals surface area contributed by atoms with E-state index in [2.05, 4.69) is 15.5 Å². The minimum Gasteiger partial charge on any atom is -0.462 e. The second-order valence-corrected chi connectivity index (χ2v) is 6.46. The number of rotatable bonds is 8. The smallest absolute Gasteiger partial charge is 0.343 e. The molecule has 0 radical (unpaired) electrons. The van der Waals surface area contributed by atoms with Crippen molar-refractivity contribution in [3.63, 3.8) is 0 Å². The predicted octanol–water partition coefficient (Wildman–Crippen LogP) is 3.04. The second-order valence-electron chi connectivity index (χ2n) is 6.46. The molecule has 0 aliphatic heterocycles. The van der Waals surface area contributed by atoms with Gasteiger partial charge in [-0.15, -0.1) is 0 Å². The van der Waals surface area contributed by atoms with E-state index in [-0.39, 0.29) is 23.7 Å². The number of carbonyl (C=O) groups excluding carboxylic acids is 2. The number of esters is 1. The lowest BCUT2D eigenvalue weighted by Crippen LogP contribution is -2.23. The van der Waals surface area contributed by atoms with Gasteiger partial charge in [0.1, 0.15) is 17.8 Å². The Morgan fingerprint density at radius 3 is 2.53 bits per heavy atom. The third kappa shape index (κ3) is 4.45. The van der Waals surface area contributed by atoms with Gasteiger partial charge in [-0.25, -0.2) is 18.3 Å². The summed E-state index contributed by atoms with van der Waals surface area (Å²) in [7, 11) is 0. The number of anilines is 1. The van der Waals surface area contributed by atoms with Gasteiger partial charge in [-0.1, -0.05) is 18.2 Å². The van der Waals surface area contributed by atoms with Crippen molar-refractivity contribution in [2.75, 3.05) is 11.9 Å². The molecule has 0 spiro atoms.